The molecule has 0 amide bonds. The molecule has 2 heterocycles. The minimum Gasteiger partial charge on any atom is -0.468 e. The lowest BCUT2D eigenvalue weighted by molar-refractivity contribution is -0.142. The molecule has 14 heavy (non-hydrogen) atoms. The van der Waals surface area contributed by atoms with Gasteiger partial charge in [0.1, 0.15) is 6.04 Å². The lowest BCUT2D eigenvalue weighted by Crippen LogP contribution is -2.31. The highest BCUT2D eigenvalue weighted by atomic mass is 32.2. The van der Waals surface area contributed by atoms with Crippen LogP contribution in [0.5, 0.6) is 0 Å². The van der Waals surface area contributed by atoms with Crippen molar-refractivity contribution >= 4 is 17.7 Å². The second kappa shape index (κ2) is 4.53. The Morgan fingerprint density at radius 3 is 3.07 bits per heavy atom. The maximum absolute atomic E-state index is 11.3. The Morgan fingerprint density at radius 1 is 1.57 bits per heavy atom. The monoisotopic (exact) mass is 215 g/mol. The van der Waals surface area contributed by atoms with Crippen molar-refractivity contribution in [2.24, 2.45) is 5.92 Å². The molecule has 0 bridgehead atoms. The maximum atomic E-state index is 11.3. The third kappa shape index (κ3) is 2.06. The summed E-state index contributed by atoms with van der Waals surface area (Å²) in [6, 6.07) is -0.0498. The van der Waals surface area contributed by atoms with E-state index in [2.05, 4.69) is 17.1 Å². The molecule has 0 radical (unpaired) electrons. The topological polar surface area (TPSA) is 38.3 Å². The minimum atomic E-state index is -0.101. The van der Waals surface area contributed by atoms with Gasteiger partial charge in [-0.1, -0.05) is 0 Å². The number of thioether (sulfide) groups is 1. The van der Waals surface area contributed by atoms with Gasteiger partial charge < -0.3 is 10.1 Å². The first-order valence-electron chi connectivity index (χ1n) is 5.24. The van der Waals surface area contributed by atoms with Crippen molar-refractivity contribution in [1.29, 1.82) is 0 Å². The summed E-state index contributed by atoms with van der Waals surface area (Å²) in [7, 11) is 1.46. The molecule has 0 saturated carbocycles. The van der Waals surface area contributed by atoms with Crippen LogP contribution in [-0.4, -0.2) is 36.7 Å². The third-order valence-corrected chi connectivity index (χ3v) is 4.71. The summed E-state index contributed by atoms with van der Waals surface area (Å²) in [6.45, 7) is 0.984. The first-order valence-corrected chi connectivity index (χ1v) is 6.29. The molecule has 2 fully saturated rings. The Hall–Kier alpha value is -0.220. The highest BCUT2D eigenvalue weighted by Crippen LogP contribution is 2.35. The number of carbonyl (C=O) groups excluding carboxylic acids is 1. The molecule has 0 aromatic heterocycles. The molecular weight excluding hydrogens is 198 g/mol. The van der Waals surface area contributed by atoms with Crippen molar-refractivity contribution < 1.29 is 9.53 Å². The van der Waals surface area contributed by atoms with E-state index in [0.29, 0.717) is 5.92 Å². The number of carbonyl (C=O) groups is 1. The molecule has 0 aromatic rings. The molecular formula is C10H17NO2S. The largest absolute Gasteiger partial charge is 0.468 e. The Kier molecular flexibility index (Phi) is 3.34. The highest BCUT2D eigenvalue weighted by Gasteiger charge is 2.35. The summed E-state index contributed by atoms with van der Waals surface area (Å²) in [4.78, 5) is 11.3. The highest BCUT2D eigenvalue weighted by molar-refractivity contribution is 8.00. The van der Waals surface area contributed by atoms with E-state index in [1.807, 2.05) is 0 Å². The molecule has 4 heteroatoms. The van der Waals surface area contributed by atoms with Crippen LogP contribution in [0.4, 0.5) is 0 Å². The van der Waals surface area contributed by atoms with Crippen molar-refractivity contribution in [2.45, 2.75) is 30.6 Å². The summed E-state index contributed by atoms with van der Waals surface area (Å²) in [5, 5.41) is 4.02. The van der Waals surface area contributed by atoms with Crippen LogP contribution >= 0.6 is 11.8 Å². The van der Waals surface area contributed by atoms with Crippen molar-refractivity contribution in [2.75, 3.05) is 19.4 Å². The van der Waals surface area contributed by atoms with E-state index < -0.39 is 0 Å². The Morgan fingerprint density at radius 2 is 2.43 bits per heavy atom. The molecule has 3 unspecified atom stereocenters. The summed E-state index contributed by atoms with van der Waals surface area (Å²) in [5.41, 5.74) is 0. The number of esters is 1. The predicted octanol–water partition coefficient (Wildman–Crippen LogP) is 1.03. The summed E-state index contributed by atoms with van der Waals surface area (Å²) in [6.07, 6.45) is 3.63. The van der Waals surface area contributed by atoms with Gasteiger partial charge in [0.15, 0.2) is 0 Å². The van der Waals surface area contributed by atoms with Gasteiger partial charge in [-0.15, -0.1) is 0 Å². The molecule has 1 N–H and O–H groups in total. The molecule has 2 saturated heterocycles. The zero-order valence-corrected chi connectivity index (χ0v) is 9.31. The van der Waals surface area contributed by atoms with Crippen molar-refractivity contribution in [3.05, 3.63) is 0 Å². The Labute approximate surface area is 89.0 Å². The quantitative estimate of drug-likeness (QED) is 0.698. The van der Waals surface area contributed by atoms with Crippen LogP contribution in [0.25, 0.3) is 0 Å². The third-order valence-electron chi connectivity index (χ3n) is 3.14. The van der Waals surface area contributed by atoms with Gasteiger partial charge >= 0.3 is 5.97 Å². The van der Waals surface area contributed by atoms with Gasteiger partial charge in [0.05, 0.1) is 7.11 Å². The zero-order chi connectivity index (χ0) is 9.97. The first-order chi connectivity index (χ1) is 6.81. The normalized spacial score (nSPS) is 37.4. The van der Waals surface area contributed by atoms with Gasteiger partial charge in [0, 0.05) is 5.25 Å². The van der Waals surface area contributed by atoms with Crippen LogP contribution in [0.15, 0.2) is 0 Å². The van der Waals surface area contributed by atoms with Gasteiger partial charge in [-0.2, -0.15) is 11.8 Å². The van der Waals surface area contributed by atoms with Crippen molar-refractivity contribution in [1.82, 2.24) is 5.32 Å². The Bertz CT molecular complexity index is 216. The van der Waals surface area contributed by atoms with Crippen molar-refractivity contribution in [3.63, 3.8) is 0 Å². The van der Waals surface area contributed by atoms with Crippen LogP contribution < -0.4 is 5.32 Å². The van der Waals surface area contributed by atoms with E-state index in [1.165, 1.54) is 25.7 Å². The molecule has 0 aromatic carbocycles. The molecule has 80 valence electrons. The number of hydrogen-bond acceptors (Lipinski definition) is 4. The van der Waals surface area contributed by atoms with Gasteiger partial charge in [-0.05, 0) is 37.5 Å². The van der Waals surface area contributed by atoms with Crippen LogP contribution in [0, 0.1) is 5.92 Å². The first kappa shape index (κ1) is 10.3. The van der Waals surface area contributed by atoms with Crippen molar-refractivity contribution in [3.8, 4) is 0 Å². The fourth-order valence-corrected chi connectivity index (χ4v) is 3.79. The predicted molar refractivity (Wildman–Crippen MR) is 57.4 cm³/mol. The summed E-state index contributed by atoms with van der Waals surface area (Å²) in [5.74, 6) is 1.87. The average Bonchev–Trinajstić information content (AvgIpc) is 2.86. The molecule has 2 rings (SSSR count). The number of ether oxygens (including phenoxy) is 1. The van der Waals surface area contributed by atoms with Crippen LogP contribution in [0.1, 0.15) is 19.3 Å². The fraction of sp³-hybridized carbons (Fsp3) is 0.900. The average molecular weight is 215 g/mol. The number of methoxy groups -OCH3 is 1. The van der Waals surface area contributed by atoms with Gasteiger partial charge in [-0.3, -0.25) is 4.79 Å². The lowest BCUT2D eigenvalue weighted by atomic mass is 9.99. The van der Waals surface area contributed by atoms with E-state index in [0.717, 1.165) is 18.2 Å². The maximum Gasteiger partial charge on any atom is 0.322 e. The molecule has 2 aliphatic heterocycles. The van der Waals surface area contributed by atoms with E-state index in [4.69, 9.17) is 4.74 Å². The van der Waals surface area contributed by atoms with Gasteiger partial charge in [-0.25, -0.2) is 0 Å². The van der Waals surface area contributed by atoms with E-state index >= 15 is 0 Å². The molecule has 3 atom stereocenters. The van der Waals surface area contributed by atoms with Gasteiger partial charge in [0.2, 0.25) is 0 Å². The van der Waals surface area contributed by atoms with Crippen LogP contribution in [-0.2, 0) is 9.53 Å². The van der Waals surface area contributed by atoms with Crippen LogP contribution in [0.2, 0.25) is 0 Å². The second-order valence-corrected chi connectivity index (χ2v) is 5.38. The van der Waals surface area contributed by atoms with E-state index in [-0.39, 0.29) is 12.0 Å². The zero-order valence-electron chi connectivity index (χ0n) is 8.49. The minimum absolute atomic E-state index is 0.0498. The fourth-order valence-electron chi connectivity index (χ4n) is 2.34. The van der Waals surface area contributed by atoms with Crippen LogP contribution in [0.3, 0.4) is 0 Å². The second-order valence-electron chi connectivity index (χ2n) is 4.03. The summed E-state index contributed by atoms with van der Waals surface area (Å²) >= 11 is 2.07. The molecule has 2 aliphatic rings. The Balaban J connectivity index is 1.84. The number of hydrogen-bond donors (Lipinski definition) is 1. The number of nitrogens with one attached hydrogen (secondary N) is 1. The van der Waals surface area contributed by atoms with E-state index in [1.54, 1.807) is 0 Å². The molecule has 0 aliphatic carbocycles. The lowest BCUT2D eigenvalue weighted by Gasteiger charge is -2.15. The smallest absolute Gasteiger partial charge is 0.322 e. The SMILES string of the molecule is COC(=O)C1CC(C2CCCS2)CN1. The molecule has 0 spiro atoms. The number of rotatable bonds is 2. The summed E-state index contributed by atoms with van der Waals surface area (Å²) < 4.78 is 4.74. The van der Waals surface area contributed by atoms with Gasteiger partial charge in [0.25, 0.3) is 0 Å². The molecule has 3 nitrogen and oxygen atoms in total. The van der Waals surface area contributed by atoms with E-state index in [9.17, 15) is 4.79 Å². The standard InChI is InChI=1S/C10H17NO2S/c1-13-10(12)8-5-7(6-11-8)9-3-2-4-14-9/h7-9,11H,2-6H2,1H3.